The van der Waals surface area contributed by atoms with E-state index < -0.39 is 0 Å². The molecule has 0 aromatic heterocycles. The summed E-state index contributed by atoms with van der Waals surface area (Å²) in [5, 5.41) is 9.94. The number of ether oxygens (including phenoxy) is 1. The van der Waals surface area contributed by atoms with Crippen LogP contribution >= 0.6 is 24.0 Å². The molecule has 0 aliphatic rings. The number of hydrogen-bond donors (Lipinski definition) is 1. The lowest BCUT2D eigenvalue weighted by molar-refractivity contribution is 0.305. The lowest BCUT2D eigenvalue weighted by Gasteiger charge is -2.09. The van der Waals surface area contributed by atoms with Gasteiger partial charge < -0.3 is 9.84 Å². The molecule has 1 N–H and O–H groups in total. The van der Waals surface area contributed by atoms with Gasteiger partial charge in [0.25, 0.3) is 0 Å². The Hall–Kier alpha value is -1.00. The van der Waals surface area contributed by atoms with Crippen LogP contribution < -0.4 is 0 Å². The summed E-state index contributed by atoms with van der Waals surface area (Å²) in [7, 11) is 1.50. The van der Waals surface area contributed by atoms with Gasteiger partial charge in [-0.1, -0.05) is 42.5 Å². The number of rotatable bonds is 3. The molecule has 0 aliphatic carbocycles. The first-order chi connectivity index (χ1) is 7.20. The molecule has 0 bridgehead atoms. The first-order valence-corrected chi connectivity index (χ1v) is 5.95. The van der Waals surface area contributed by atoms with Gasteiger partial charge in [-0.25, -0.2) is 0 Å². The second kappa shape index (κ2) is 5.78. The average Bonchev–Trinajstić information content (AvgIpc) is 2.30. The zero-order valence-electron chi connectivity index (χ0n) is 8.56. The second-order valence-electron chi connectivity index (χ2n) is 2.74. The molecule has 1 rings (SSSR count). The maximum Gasteiger partial charge on any atom is 0.185 e. The second-order valence-corrected chi connectivity index (χ2v) is 4.22. The van der Waals surface area contributed by atoms with E-state index in [2.05, 4.69) is 0 Å². The van der Waals surface area contributed by atoms with Gasteiger partial charge in [-0.15, -0.1) is 11.8 Å². The predicted octanol–water partition coefficient (Wildman–Crippen LogP) is 3.25. The van der Waals surface area contributed by atoms with E-state index in [9.17, 15) is 5.11 Å². The molecular formula is C11H12O2S2. The van der Waals surface area contributed by atoms with Crippen molar-refractivity contribution in [2.24, 2.45) is 0 Å². The standard InChI is InChI=1S/C11H12O2S2/c1-13-10(11(14)15-2)9(12)8-6-4-3-5-7-8/h3-7,12H,1-2H3/b10-9+. The van der Waals surface area contributed by atoms with Gasteiger partial charge in [-0.05, 0) is 6.26 Å². The van der Waals surface area contributed by atoms with Crippen LogP contribution in [0.4, 0.5) is 0 Å². The van der Waals surface area contributed by atoms with Gasteiger partial charge in [0.15, 0.2) is 11.5 Å². The molecular weight excluding hydrogens is 228 g/mol. The molecule has 0 amide bonds. The fourth-order valence-corrected chi connectivity index (χ4v) is 1.64. The molecule has 0 saturated heterocycles. The van der Waals surface area contributed by atoms with Crippen molar-refractivity contribution in [1.29, 1.82) is 0 Å². The predicted molar refractivity (Wildman–Crippen MR) is 69.1 cm³/mol. The van der Waals surface area contributed by atoms with Crippen LogP contribution in [0, 0.1) is 0 Å². The molecule has 0 radical (unpaired) electrons. The van der Waals surface area contributed by atoms with Gasteiger partial charge in [0.1, 0.15) is 4.20 Å². The highest BCUT2D eigenvalue weighted by Gasteiger charge is 2.12. The van der Waals surface area contributed by atoms with Gasteiger partial charge in [0.05, 0.1) is 7.11 Å². The number of aliphatic hydroxyl groups is 1. The average molecular weight is 240 g/mol. The monoisotopic (exact) mass is 240 g/mol. The minimum absolute atomic E-state index is 0.0810. The highest BCUT2D eigenvalue weighted by Crippen LogP contribution is 2.21. The quantitative estimate of drug-likeness (QED) is 0.499. The summed E-state index contributed by atoms with van der Waals surface area (Å²) >= 11 is 6.44. The number of methoxy groups -OCH3 is 1. The van der Waals surface area contributed by atoms with E-state index in [0.29, 0.717) is 15.5 Å². The maximum atomic E-state index is 9.94. The Morgan fingerprint density at radius 3 is 2.40 bits per heavy atom. The SMILES string of the molecule is CO/C(C(=S)SC)=C(/O)c1ccccc1. The summed E-state index contributed by atoms with van der Waals surface area (Å²) in [4.78, 5) is 0. The van der Waals surface area contributed by atoms with Crippen molar-refractivity contribution in [3.05, 3.63) is 41.7 Å². The van der Waals surface area contributed by atoms with Crippen LogP contribution in [0.1, 0.15) is 5.56 Å². The van der Waals surface area contributed by atoms with Crippen molar-refractivity contribution in [1.82, 2.24) is 0 Å². The zero-order valence-corrected chi connectivity index (χ0v) is 10.2. The van der Waals surface area contributed by atoms with Crippen molar-refractivity contribution < 1.29 is 9.84 Å². The molecule has 2 nitrogen and oxygen atoms in total. The van der Waals surface area contributed by atoms with E-state index in [-0.39, 0.29) is 5.76 Å². The highest BCUT2D eigenvalue weighted by molar-refractivity contribution is 8.23. The molecule has 0 atom stereocenters. The molecule has 0 heterocycles. The van der Waals surface area contributed by atoms with Crippen LogP contribution in [0.5, 0.6) is 0 Å². The summed E-state index contributed by atoms with van der Waals surface area (Å²) in [6.45, 7) is 0. The third-order valence-corrected chi connectivity index (χ3v) is 3.08. The molecule has 0 spiro atoms. The Bertz CT molecular complexity index is 371. The van der Waals surface area contributed by atoms with Gasteiger partial charge in [0.2, 0.25) is 0 Å². The Morgan fingerprint density at radius 2 is 1.93 bits per heavy atom. The Balaban J connectivity index is 3.12. The molecule has 0 unspecified atom stereocenters. The lowest BCUT2D eigenvalue weighted by Crippen LogP contribution is -2.01. The van der Waals surface area contributed by atoms with Crippen LogP contribution in [-0.2, 0) is 4.74 Å². The molecule has 0 aliphatic heterocycles. The van der Waals surface area contributed by atoms with Gasteiger partial charge in [-0.2, -0.15) is 0 Å². The maximum absolute atomic E-state index is 9.94. The topological polar surface area (TPSA) is 29.5 Å². The van der Waals surface area contributed by atoms with E-state index in [1.54, 1.807) is 12.1 Å². The Morgan fingerprint density at radius 1 is 1.33 bits per heavy atom. The van der Waals surface area contributed by atoms with Crippen LogP contribution in [-0.4, -0.2) is 22.7 Å². The first kappa shape index (κ1) is 12.1. The van der Waals surface area contributed by atoms with Crippen LogP contribution in [0.15, 0.2) is 36.1 Å². The minimum atomic E-state index is 0.0810. The molecule has 80 valence electrons. The Kier molecular flexibility index (Phi) is 4.65. The molecule has 0 fully saturated rings. The van der Waals surface area contributed by atoms with Crippen LogP contribution in [0.3, 0.4) is 0 Å². The summed E-state index contributed by atoms with van der Waals surface area (Å²) in [5.74, 6) is 0.432. The normalized spacial score (nSPS) is 11.9. The fourth-order valence-electron chi connectivity index (χ4n) is 1.10. The van der Waals surface area contributed by atoms with Gasteiger partial charge in [-0.3, -0.25) is 0 Å². The van der Waals surface area contributed by atoms with Crippen molar-refractivity contribution in [3.8, 4) is 0 Å². The lowest BCUT2D eigenvalue weighted by atomic mass is 10.2. The van der Waals surface area contributed by atoms with E-state index >= 15 is 0 Å². The van der Waals surface area contributed by atoms with Crippen molar-refractivity contribution >= 4 is 33.9 Å². The van der Waals surface area contributed by atoms with E-state index in [1.165, 1.54) is 18.9 Å². The minimum Gasteiger partial charge on any atom is -0.504 e. The third-order valence-electron chi connectivity index (χ3n) is 1.84. The number of benzene rings is 1. The van der Waals surface area contributed by atoms with E-state index in [1.807, 2.05) is 24.5 Å². The van der Waals surface area contributed by atoms with Crippen molar-refractivity contribution in [2.45, 2.75) is 0 Å². The summed E-state index contributed by atoms with van der Waals surface area (Å²) in [5.41, 5.74) is 0.700. The first-order valence-electron chi connectivity index (χ1n) is 4.31. The summed E-state index contributed by atoms with van der Waals surface area (Å²) < 4.78 is 5.63. The van der Waals surface area contributed by atoms with E-state index in [4.69, 9.17) is 17.0 Å². The highest BCUT2D eigenvalue weighted by atomic mass is 32.2. The third kappa shape index (κ3) is 2.97. The molecule has 1 aromatic rings. The zero-order chi connectivity index (χ0) is 11.3. The van der Waals surface area contributed by atoms with Crippen LogP contribution in [0.25, 0.3) is 5.76 Å². The molecule has 1 aromatic carbocycles. The van der Waals surface area contributed by atoms with Gasteiger partial charge >= 0.3 is 0 Å². The molecule has 0 saturated carbocycles. The number of hydrogen-bond acceptors (Lipinski definition) is 4. The summed E-state index contributed by atoms with van der Waals surface area (Å²) in [6.07, 6.45) is 1.85. The number of thiocarbonyl (C=S) groups is 1. The number of aliphatic hydroxyl groups excluding tert-OH is 1. The largest absolute Gasteiger partial charge is 0.504 e. The van der Waals surface area contributed by atoms with Crippen LogP contribution in [0.2, 0.25) is 0 Å². The van der Waals surface area contributed by atoms with Crippen molar-refractivity contribution in [2.75, 3.05) is 13.4 Å². The molecule has 15 heavy (non-hydrogen) atoms. The Labute approximate surface area is 99.0 Å². The fraction of sp³-hybridized carbons (Fsp3) is 0.182. The molecule has 4 heteroatoms. The number of thioether (sulfide) groups is 1. The smallest absolute Gasteiger partial charge is 0.185 e. The van der Waals surface area contributed by atoms with E-state index in [0.717, 1.165) is 0 Å². The van der Waals surface area contributed by atoms with Gasteiger partial charge in [0, 0.05) is 5.56 Å². The van der Waals surface area contributed by atoms with Crippen molar-refractivity contribution in [3.63, 3.8) is 0 Å². The summed E-state index contributed by atoms with van der Waals surface area (Å²) in [6, 6.07) is 9.19.